The monoisotopic (exact) mass is 436 g/mol. The molecule has 5 rings (SSSR count). The van der Waals surface area contributed by atoms with Gasteiger partial charge in [0.1, 0.15) is 0 Å². The lowest BCUT2D eigenvalue weighted by molar-refractivity contribution is 0.141. The minimum Gasteiger partial charge on any atom is -0.465 e. The van der Waals surface area contributed by atoms with E-state index >= 15 is 0 Å². The lowest BCUT2D eigenvalue weighted by atomic mass is 9.76. The molecule has 4 heterocycles. The summed E-state index contributed by atoms with van der Waals surface area (Å²) in [5.74, 6) is 1.26. The van der Waals surface area contributed by atoms with Gasteiger partial charge in [-0.2, -0.15) is 4.31 Å². The van der Waals surface area contributed by atoms with Gasteiger partial charge in [0.05, 0.1) is 6.26 Å². The first-order valence-corrected chi connectivity index (χ1v) is 12.5. The van der Waals surface area contributed by atoms with Crippen LogP contribution >= 0.6 is 0 Å². The molecule has 0 spiro atoms. The summed E-state index contributed by atoms with van der Waals surface area (Å²) in [7, 11) is -3.13. The van der Waals surface area contributed by atoms with Gasteiger partial charge in [-0.3, -0.25) is 0 Å². The Morgan fingerprint density at radius 2 is 1.53 bits per heavy atom. The summed E-state index contributed by atoms with van der Waals surface area (Å²) in [4.78, 5) is 17.8. The van der Waals surface area contributed by atoms with Crippen LogP contribution in [0, 0.1) is 17.8 Å². The molecule has 1 aromatic carbocycles. The van der Waals surface area contributed by atoms with Crippen molar-refractivity contribution in [1.82, 2.24) is 9.21 Å². The Bertz CT molecular complexity index is 883. The summed E-state index contributed by atoms with van der Waals surface area (Å²) < 4.78 is 25.0. The van der Waals surface area contributed by atoms with E-state index in [1.807, 2.05) is 0 Å². The summed E-state index contributed by atoms with van der Waals surface area (Å²) in [5.41, 5.74) is 2.23. The van der Waals surface area contributed by atoms with Gasteiger partial charge < -0.3 is 19.8 Å². The molecule has 9 heteroatoms. The number of nitrogens with zero attached hydrogens (tertiary/aromatic N) is 4. The van der Waals surface area contributed by atoms with Crippen molar-refractivity contribution >= 4 is 27.5 Å². The molecule has 166 valence electrons. The molecule has 0 saturated carbocycles. The average molecular weight is 437 g/mol. The Labute approximate surface area is 179 Å². The van der Waals surface area contributed by atoms with Crippen LogP contribution in [0.15, 0.2) is 24.3 Å². The van der Waals surface area contributed by atoms with Gasteiger partial charge in [-0.15, -0.1) is 0 Å². The van der Waals surface area contributed by atoms with Gasteiger partial charge >= 0.3 is 6.09 Å². The lowest BCUT2D eigenvalue weighted by Gasteiger charge is -2.45. The zero-order chi connectivity index (χ0) is 21.6. The number of rotatable bonds is 3. The number of amides is 1. The highest BCUT2D eigenvalue weighted by atomic mass is 32.2. The number of hydrogen-bond donors (Lipinski definition) is 1. The molecular formula is C21H32N4O4S. The summed E-state index contributed by atoms with van der Waals surface area (Å²) in [6.07, 6.45) is 0.441. The van der Waals surface area contributed by atoms with Crippen molar-refractivity contribution in [1.29, 1.82) is 0 Å². The van der Waals surface area contributed by atoms with Gasteiger partial charge in [0, 0.05) is 63.2 Å². The molecule has 1 aromatic rings. The van der Waals surface area contributed by atoms with Gasteiger partial charge in [0.25, 0.3) is 0 Å². The first kappa shape index (κ1) is 21.2. The van der Waals surface area contributed by atoms with Crippen molar-refractivity contribution in [2.75, 3.05) is 61.9 Å². The summed E-state index contributed by atoms with van der Waals surface area (Å²) in [6.45, 7) is 8.93. The summed E-state index contributed by atoms with van der Waals surface area (Å²) in [6, 6.07) is 8.64. The fourth-order valence-corrected chi connectivity index (χ4v) is 6.10. The Morgan fingerprint density at radius 3 is 2.10 bits per heavy atom. The molecule has 0 aliphatic carbocycles. The van der Waals surface area contributed by atoms with Gasteiger partial charge in [-0.05, 0) is 42.0 Å². The molecule has 4 aliphatic rings. The van der Waals surface area contributed by atoms with Crippen LogP contribution in [0.25, 0.3) is 0 Å². The topological polar surface area (TPSA) is 84.4 Å². The molecule has 2 unspecified atom stereocenters. The Morgan fingerprint density at radius 1 is 0.933 bits per heavy atom. The molecule has 4 saturated heterocycles. The predicted octanol–water partition coefficient (Wildman–Crippen LogP) is 1.84. The van der Waals surface area contributed by atoms with Crippen LogP contribution < -0.4 is 9.80 Å². The maximum atomic E-state index is 11.7. The normalized spacial score (nSPS) is 30.4. The van der Waals surface area contributed by atoms with E-state index in [1.54, 1.807) is 4.90 Å². The molecule has 4 fully saturated rings. The second-order valence-electron chi connectivity index (χ2n) is 9.05. The molecule has 2 bridgehead atoms. The third kappa shape index (κ3) is 3.97. The summed E-state index contributed by atoms with van der Waals surface area (Å²) >= 11 is 0. The number of sulfonamides is 1. The first-order valence-electron chi connectivity index (χ1n) is 10.7. The van der Waals surface area contributed by atoms with Crippen LogP contribution in [0.3, 0.4) is 0 Å². The fraction of sp³-hybridized carbons (Fsp3) is 0.667. The van der Waals surface area contributed by atoms with E-state index in [4.69, 9.17) is 0 Å². The average Bonchev–Trinajstić information content (AvgIpc) is 2.99. The van der Waals surface area contributed by atoms with Crippen LogP contribution in [-0.2, 0) is 10.0 Å². The third-order valence-electron chi connectivity index (χ3n) is 7.40. The highest BCUT2D eigenvalue weighted by molar-refractivity contribution is 7.88. The fourth-order valence-electron chi connectivity index (χ4n) is 5.28. The van der Waals surface area contributed by atoms with Crippen LogP contribution in [0.4, 0.5) is 16.2 Å². The highest BCUT2D eigenvalue weighted by Crippen LogP contribution is 2.39. The zero-order valence-corrected chi connectivity index (χ0v) is 18.8. The van der Waals surface area contributed by atoms with Crippen LogP contribution in [0.5, 0.6) is 0 Å². The van der Waals surface area contributed by atoms with Crippen molar-refractivity contribution in [2.24, 2.45) is 17.8 Å². The molecule has 4 atom stereocenters. The van der Waals surface area contributed by atoms with E-state index in [-0.39, 0.29) is 6.04 Å². The Hall–Kier alpha value is -2.00. The second kappa shape index (κ2) is 7.92. The van der Waals surface area contributed by atoms with Gasteiger partial charge in [-0.1, -0.05) is 13.8 Å². The number of benzene rings is 1. The number of carboxylic acid groups (broad SMARTS) is 1. The van der Waals surface area contributed by atoms with E-state index in [9.17, 15) is 18.3 Å². The minimum atomic E-state index is -3.13. The molecule has 1 N–H and O–H groups in total. The maximum Gasteiger partial charge on any atom is 0.407 e. The Balaban J connectivity index is 1.49. The molecular weight excluding hydrogens is 404 g/mol. The van der Waals surface area contributed by atoms with E-state index in [2.05, 4.69) is 47.9 Å². The SMILES string of the molecule is CC1[C@@H]2CN(C(=O)O)CC([C@H]1C)N(c1ccc(N3CCN(S(C)(=O)=O)CC3)cc1)C2. The molecule has 0 radical (unpaired) electrons. The Kier molecular flexibility index (Phi) is 5.61. The molecule has 4 aliphatic heterocycles. The third-order valence-corrected chi connectivity index (χ3v) is 8.70. The van der Waals surface area contributed by atoms with Crippen molar-refractivity contribution in [3.05, 3.63) is 24.3 Å². The van der Waals surface area contributed by atoms with Crippen LogP contribution in [0.2, 0.25) is 0 Å². The van der Waals surface area contributed by atoms with E-state index in [1.165, 1.54) is 10.6 Å². The van der Waals surface area contributed by atoms with Crippen molar-refractivity contribution in [3.8, 4) is 0 Å². The van der Waals surface area contributed by atoms with Gasteiger partial charge in [0.2, 0.25) is 10.0 Å². The summed E-state index contributed by atoms with van der Waals surface area (Å²) in [5, 5.41) is 9.57. The quantitative estimate of drug-likeness (QED) is 0.778. The van der Waals surface area contributed by atoms with Gasteiger partial charge in [0.15, 0.2) is 0 Å². The standard InChI is InChI=1S/C21H32N4O4S/c1-15-16(2)20-14-23(21(26)27)12-17(15)13-25(20)19-6-4-18(5-7-19)22-8-10-24(11-9-22)30(3,28)29/h4-7,15-17,20H,8-14H2,1-3H3,(H,26,27)/t15?,16-,17+,20?/m0/s1. The van der Waals surface area contributed by atoms with Crippen LogP contribution in [0.1, 0.15) is 13.8 Å². The molecule has 30 heavy (non-hydrogen) atoms. The van der Waals surface area contributed by atoms with E-state index in [0.29, 0.717) is 57.0 Å². The lowest BCUT2D eigenvalue weighted by Crippen LogP contribution is -2.52. The van der Waals surface area contributed by atoms with Gasteiger partial charge in [-0.25, -0.2) is 13.2 Å². The van der Waals surface area contributed by atoms with Crippen molar-refractivity contribution in [3.63, 3.8) is 0 Å². The number of hydrogen-bond acceptors (Lipinski definition) is 5. The smallest absolute Gasteiger partial charge is 0.407 e. The van der Waals surface area contributed by atoms with Crippen LogP contribution in [-0.4, -0.2) is 86.9 Å². The largest absolute Gasteiger partial charge is 0.465 e. The van der Waals surface area contributed by atoms with Crippen molar-refractivity contribution < 1.29 is 18.3 Å². The molecule has 0 aromatic heterocycles. The number of piperidine rings is 1. The number of piperazine rings is 1. The number of fused-ring (bicyclic) bond motifs is 4. The van der Waals surface area contributed by atoms with Crippen molar-refractivity contribution in [2.45, 2.75) is 19.9 Å². The zero-order valence-electron chi connectivity index (χ0n) is 17.9. The highest BCUT2D eigenvalue weighted by Gasteiger charge is 2.44. The number of carbonyl (C=O) groups is 1. The van der Waals surface area contributed by atoms with E-state index in [0.717, 1.165) is 17.9 Å². The predicted molar refractivity (Wildman–Crippen MR) is 118 cm³/mol. The molecule has 8 nitrogen and oxygen atoms in total. The minimum absolute atomic E-state index is 0.180. The van der Waals surface area contributed by atoms with E-state index < -0.39 is 16.1 Å². The maximum absolute atomic E-state index is 11.7. The molecule has 1 amide bonds. The number of anilines is 2. The first-order chi connectivity index (χ1) is 14.1. The second-order valence-corrected chi connectivity index (χ2v) is 11.0.